The second-order valence-corrected chi connectivity index (χ2v) is 1.05. The second-order valence-electron chi connectivity index (χ2n) is 1.05. The van der Waals surface area contributed by atoms with E-state index in [0.717, 1.165) is 0 Å². The molecule has 0 aliphatic rings. The van der Waals surface area contributed by atoms with Gasteiger partial charge in [-0.2, -0.15) is 0 Å². The predicted molar refractivity (Wildman–Crippen MR) is 28.5 cm³/mol. The molecule has 0 aromatic rings. The molecular weight excluding hydrogens is 92.1 g/mol. The summed E-state index contributed by atoms with van der Waals surface area (Å²) in [6, 6.07) is 0. The Hall–Kier alpha value is -0.860. The van der Waals surface area contributed by atoms with Gasteiger partial charge in [-0.3, -0.25) is 9.79 Å². The average molecular weight is 100 g/mol. The van der Waals surface area contributed by atoms with Crippen LogP contribution in [0.1, 0.15) is 0 Å². The number of amides is 1. The van der Waals surface area contributed by atoms with E-state index in [0.29, 0.717) is 0 Å². The van der Waals surface area contributed by atoms with Crippen LogP contribution in [0, 0.1) is 0 Å². The number of rotatable bonds is 2. The highest BCUT2D eigenvalue weighted by Gasteiger charge is 1.88. The number of aliphatic imine (C=N–C) groups is 1. The molecule has 0 aliphatic heterocycles. The van der Waals surface area contributed by atoms with Gasteiger partial charge in [-0.15, -0.1) is 0 Å². The molecular formula is C4H8N2O. The Morgan fingerprint density at radius 2 is 2.57 bits per heavy atom. The summed E-state index contributed by atoms with van der Waals surface area (Å²) in [7, 11) is 1.56. The SMILES string of the molecule is C=NCC(=O)NC. The van der Waals surface area contributed by atoms with Crippen LogP contribution < -0.4 is 5.32 Å². The minimum Gasteiger partial charge on any atom is -0.358 e. The number of nitrogens with zero attached hydrogens (tertiary/aromatic N) is 1. The quantitative estimate of drug-likeness (QED) is 0.464. The van der Waals surface area contributed by atoms with Crippen molar-refractivity contribution in [2.24, 2.45) is 4.99 Å². The second kappa shape index (κ2) is 3.33. The maximum Gasteiger partial charge on any atom is 0.241 e. The van der Waals surface area contributed by atoms with Gasteiger partial charge >= 0.3 is 0 Å². The van der Waals surface area contributed by atoms with E-state index in [1.54, 1.807) is 7.05 Å². The molecule has 0 aromatic heterocycles. The van der Waals surface area contributed by atoms with Gasteiger partial charge in [-0.25, -0.2) is 0 Å². The molecule has 0 aromatic carbocycles. The number of nitrogens with one attached hydrogen (secondary N) is 1. The highest BCUT2D eigenvalue weighted by Crippen LogP contribution is 1.62. The highest BCUT2D eigenvalue weighted by atomic mass is 16.1. The zero-order valence-electron chi connectivity index (χ0n) is 4.27. The molecule has 0 aliphatic carbocycles. The lowest BCUT2D eigenvalue weighted by molar-refractivity contribution is -0.119. The fourth-order valence-corrected chi connectivity index (χ4v) is 0.181. The Morgan fingerprint density at radius 3 is 2.71 bits per heavy atom. The molecule has 0 radical (unpaired) electrons. The van der Waals surface area contributed by atoms with Crippen LogP contribution in [0.5, 0.6) is 0 Å². The van der Waals surface area contributed by atoms with E-state index in [1.807, 2.05) is 0 Å². The van der Waals surface area contributed by atoms with Gasteiger partial charge in [0.05, 0.1) is 0 Å². The first-order chi connectivity index (χ1) is 3.31. The highest BCUT2D eigenvalue weighted by molar-refractivity contribution is 5.78. The lowest BCUT2D eigenvalue weighted by atomic mass is 10.6. The van der Waals surface area contributed by atoms with E-state index in [1.165, 1.54) is 0 Å². The van der Waals surface area contributed by atoms with Crippen molar-refractivity contribution >= 4 is 12.6 Å². The van der Waals surface area contributed by atoms with E-state index < -0.39 is 0 Å². The van der Waals surface area contributed by atoms with E-state index in [9.17, 15) is 4.79 Å². The number of carbonyl (C=O) groups excluding carboxylic acids is 1. The Labute approximate surface area is 42.4 Å². The van der Waals surface area contributed by atoms with Crippen LogP contribution in [0.25, 0.3) is 0 Å². The molecule has 3 nitrogen and oxygen atoms in total. The van der Waals surface area contributed by atoms with Crippen molar-refractivity contribution in [2.45, 2.75) is 0 Å². The molecule has 1 amide bonds. The molecule has 0 atom stereocenters. The van der Waals surface area contributed by atoms with Crippen LogP contribution >= 0.6 is 0 Å². The number of hydrogen-bond acceptors (Lipinski definition) is 2. The van der Waals surface area contributed by atoms with Crippen molar-refractivity contribution < 1.29 is 4.79 Å². The minimum atomic E-state index is -0.102. The molecule has 0 unspecified atom stereocenters. The Kier molecular flexibility index (Phi) is 2.92. The fraction of sp³-hybridized carbons (Fsp3) is 0.500. The largest absolute Gasteiger partial charge is 0.358 e. The van der Waals surface area contributed by atoms with Crippen LogP contribution in [0.2, 0.25) is 0 Å². The molecule has 3 heteroatoms. The third-order valence-corrected chi connectivity index (χ3v) is 0.534. The first-order valence-electron chi connectivity index (χ1n) is 1.94. The molecule has 0 spiro atoms. The summed E-state index contributed by atoms with van der Waals surface area (Å²) in [6.45, 7) is 3.30. The number of carbonyl (C=O) groups is 1. The molecule has 0 rings (SSSR count). The topological polar surface area (TPSA) is 41.5 Å². The predicted octanol–water partition coefficient (Wildman–Crippen LogP) is -0.567. The summed E-state index contributed by atoms with van der Waals surface area (Å²) in [5, 5.41) is 2.39. The van der Waals surface area contributed by atoms with E-state index in [2.05, 4.69) is 17.0 Å². The first-order valence-corrected chi connectivity index (χ1v) is 1.94. The van der Waals surface area contributed by atoms with Crippen LogP contribution in [0.15, 0.2) is 4.99 Å². The van der Waals surface area contributed by atoms with E-state index in [-0.39, 0.29) is 12.5 Å². The van der Waals surface area contributed by atoms with Crippen LogP contribution in [-0.2, 0) is 4.79 Å². The van der Waals surface area contributed by atoms with Gasteiger partial charge in [-0.1, -0.05) is 0 Å². The van der Waals surface area contributed by atoms with Crippen molar-refractivity contribution in [2.75, 3.05) is 13.6 Å². The van der Waals surface area contributed by atoms with Crippen molar-refractivity contribution in [3.05, 3.63) is 0 Å². The summed E-state index contributed by atoms with van der Waals surface area (Å²) in [5.41, 5.74) is 0. The van der Waals surface area contributed by atoms with Crippen LogP contribution in [0.3, 0.4) is 0 Å². The molecule has 40 valence electrons. The molecule has 1 N–H and O–H groups in total. The van der Waals surface area contributed by atoms with Crippen molar-refractivity contribution in [1.29, 1.82) is 0 Å². The van der Waals surface area contributed by atoms with Gasteiger partial charge in [0.25, 0.3) is 0 Å². The van der Waals surface area contributed by atoms with Gasteiger partial charge < -0.3 is 5.32 Å². The van der Waals surface area contributed by atoms with Gasteiger partial charge in [0.2, 0.25) is 5.91 Å². The van der Waals surface area contributed by atoms with Crippen molar-refractivity contribution in [3.8, 4) is 0 Å². The Bertz CT molecular complexity index is 79.8. The monoisotopic (exact) mass is 100 g/mol. The van der Waals surface area contributed by atoms with Gasteiger partial charge in [-0.05, 0) is 6.72 Å². The molecule has 0 fully saturated rings. The number of hydrogen-bond donors (Lipinski definition) is 1. The summed E-state index contributed by atoms with van der Waals surface area (Å²) in [6.07, 6.45) is 0. The van der Waals surface area contributed by atoms with E-state index >= 15 is 0 Å². The average Bonchev–Trinajstić information content (AvgIpc) is 1.68. The minimum absolute atomic E-state index is 0.102. The first kappa shape index (κ1) is 6.14. The maximum absolute atomic E-state index is 10.2. The van der Waals surface area contributed by atoms with E-state index in [4.69, 9.17) is 0 Å². The molecule has 0 saturated carbocycles. The Morgan fingerprint density at radius 1 is 2.00 bits per heavy atom. The third-order valence-electron chi connectivity index (χ3n) is 0.534. The lowest BCUT2D eigenvalue weighted by Crippen LogP contribution is -2.20. The summed E-state index contributed by atoms with van der Waals surface area (Å²) in [5.74, 6) is -0.102. The fourth-order valence-electron chi connectivity index (χ4n) is 0.181. The molecule has 0 saturated heterocycles. The summed E-state index contributed by atoms with van der Waals surface area (Å²) in [4.78, 5) is 13.5. The van der Waals surface area contributed by atoms with Gasteiger partial charge in [0.1, 0.15) is 6.54 Å². The van der Waals surface area contributed by atoms with Gasteiger partial charge in [0, 0.05) is 7.05 Å². The zero-order chi connectivity index (χ0) is 5.70. The third kappa shape index (κ3) is 2.96. The van der Waals surface area contributed by atoms with Crippen LogP contribution in [0.4, 0.5) is 0 Å². The molecule has 7 heavy (non-hydrogen) atoms. The van der Waals surface area contributed by atoms with Crippen molar-refractivity contribution in [3.63, 3.8) is 0 Å². The van der Waals surface area contributed by atoms with Crippen molar-refractivity contribution in [1.82, 2.24) is 5.32 Å². The van der Waals surface area contributed by atoms with Crippen LogP contribution in [-0.4, -0.2) is 26.2 Å². The molecule has 0 bridgehead atoms. The summed E-state index contributed by atoms with van der Waals surface area (Å²) >= 11 is 0. The number of likely N-dealkylation sites (N-methyl/N-ethyl adjacent to an activating group) is 1. The molecule has 0 heterocycles. The smallest absolute Gasteiger partial charge is 0.241 e. The summed E-state index contributed by atoms with van der Waals surface area (Å²) < 4.78 is 0. The normalized spacial score (nSPS) is 7.57. The lowest BCUT2D eigenvalue weighted by Gasteiger charge is -1.88. The zero-order valence-corrected chi connectivity index (χ0v) is 4.27. The standard InChI is InChI=1S/C4H8N2O/c1-5-3-4(7)6-2/h1,3H2,2H3,(H,6,7). The maximum atomic E-state index is 10.2. The van der Waals surface area contributed by atoms with Gasteiger partial charge in [0.15, 0.2) is 0 Å². The Balaban J connectivity index is 3.17.